The Labute approximate surface area is 154 Å². The van der Waals surface area contributed by atoms with Gasteiger partial charge in [0.2, 0.25) is 5.91 Å². The maximum Gasteiger partial charge on any atom is 0.233 e. The van der Waals surface area contributed by atoms with E-state index in [-0.39, 0.29) is 28.7 Å². The summed E-state index contributed by atoms with van der Waals surface area (Å²) in [4.78, 5) is 23.6. The van der Waals surface area contributed by atoms with Crippen LogP contribution in [0.4, 0.5) is 0 Å². The van der Waals surface area contributed by atoms with Crippen molar-refractivity contribution in [3.8, 4) is 0 Å². The van der Waals surface area contributed by atoms with Crippen LogP contribution in [0.25, 0.3) is 10.2 Å². The van der Waals surface area contributed by atoms with E-state index >= 15 is 0 Å². The highest BCUT2D eigenvalue weighted by Crippen LogP contribution is 2.40. The topological polar surface area (TPSA) is 89.0 Å². The van der Waals surface area contributed by atoms with E-state index < -0.39 is 9.84 Å². The average Bonchev–Trinajstić information content (AvgIpc) is 3.21. The molecule has 1 N–H and O–H groups in total. The fourth-order valence-electron chi connectivity index (χ4n) is 3.44. The molecule has 1 saturated heterocycles. The van der Waals surface area contributed by atoms with Crippen LogP contribution in [0.15, 0.2) is 11.4 Å². The first-order valence-electron chi connectivity index (χ1n) is 8.35. The highest BCUT2D eigenvalue weighted by Gasteiger charge is 2.30. The predicted molar refractivity (Wildman–Crippen MR) is 100.0 cm³/mol. The lowest BCUT2D eigenvalue weighted by Crippen LogP contribution is -2.39. The van der Waals surface area contributed by atoms with Gasteiger partial charge in [-0.1, -0.05) is 11.8 Å². The summed E-state index contributed by atoms with van der Waals surface area (Å²) in [6, 6.07) is -0.267. The van der Waals surface area contributed by atoms with Crippen molar-refractivity contribution in [2.45, 2.75) is 48.9 Å². The first kappa shape index (κ1) is 17.2. The molecule has 3 heterocycles. The van der Waals surface area contributed by atoms with Gasteiger partial charge in [-0.25, -0.2) is 18.4 Å². The molecule has 0 bridgehead atoms. The Kier molecular flexibility index (Phi) is 4.49. The van der Waals surface area contributed by atoms with Gasteiger partial charge in [0.1, 0.15) is 16.2 Å². The Hall–Kier alpha value is -1.19. The minimum absolute atomic E-state index is 0.0475. The van der Waals surface area contributed by atoms with Crippen molar-refractivity contribution in [1.29, 1.82) is 0 Å². The monoisotopic (exact) mass is 397 g/mol. The van der Waals surface area contributed by atoms with Gasteiger partial charge in [0.05, 0.1) is 16.8 Å². The number of aromatic nitrogens is 2. The van der Waals surface area contributed by atoms with E-state index in [1.807, 2.05) is 6.92 Å². The van der Waals surface area contributed by atoms with Crippen LogP contribution < -0.4 is 5.32 Å². The zero-order valence-electron chi connectivity index (χ0n) is 13.8. The number of fused-ring (bicyclic) bond motifs is 3. The molecule has 134 valence electrons. The van der Waals surface area contributed by atoms with Gasteiger partial charge >= 0.3 is 0 Å². The van der Waals surface area contributed by atoms with Crippen molar-refractivity contribution < 1.29 is 13.2 Å². The average molecular weight is 398 g/mol. The molecule has 2 aliphatic rings. The summed E-state index contributed by atoms with van der Waals surface area (Å²) >= 11 is 3.16. The number of amides is 1. The van der Waals surface area contributed by atoms with Gasteiger partial charge in [0.15, 0.2) is 9.84 Å². The first-order chi connectivity index (χ1) is 11.9. The summed E-state index contributed by atoms with van der Waals surface area (Å²) in [5.74, 6) is 0.0737. The molecule has 0 radical (unpaired) electrons. The summed E-state index contributed by atoms with van der Waals surface area (Å²) in [5, 5.41) is 4.49. The van der Waals surface area contributed by atoms with E-state index in [1.54, 1.807) is 17.7 Å². The van der Waals surface area contributed by atoms with E-state index in [9.17, 15) is 13.2 Å². The second-order valence-electron chi connectivity index (χ2n) is 6.58. The number of nitrogens with one attached hydrogen (secondary N) is 1. The maximum absolute atomic E-state index is 12.5. The van der Waals surface area contributed by atoms with Gasteiger partial charge in [-0.3, -0.25) is 4.79 Å². The molecule has 1 fully saturated rings. The summed E-state index contributed by atoms with van der Waals surface area (Å²) < 4.78 is 23.1. The zero-order valence-corrected chi connectivity index (χ0v) is 16.3. The van der Waals surface area contributed by atoms with Crippen molar-refractivity contribution in [3.05, 3.63) is 16.8 Å². The summed E-state index contributed by atoms with van der Waals surface area (Å²) in [5.41, 5.74) is 1.34. The van der Waals surface area contributed by atoms with Crippen molar-refractivity contribution >= 4 is 49.1 Å². The van der Waals surface area contributed by atoms with Gasteiger partial charge in [-0.15, -0.1) is 11.3 Å². The minimum Gasteiger partial charge on any atom is -0.351 e. The normalized spacial score (nSPS) is 22.8. The number of aryl methyl sites for hydroxylation is 2. The maximum atomic E-state index is 12.5. The number of carbonyl (C=O) groups excluding carboxylic acids is 1. The lowest BCUT2D eigenvalue weighted by atomic mass is 10.2. The van der Waals surface area contributed by atoms with Crippen LogP contribution in [0.3, 0.4) is 0 Å². The predicted octanol–water partition coefficient (Wildman–Crippen LogP) is 1.96. The molecule has 0 saturated carbocycles. The third kappa shape index (κ3) is 3.41. The van der Waals surface area contributed by atoms with E-state index in [0.29, 0.717) is 6.42 Å². The Balaban J connectivity index is 1.50. The molecule has 2 atom stereocenters. The van der Waals surface area contributed by atoms with Gasteiger partial charge in [-0.05, 0) is 38.2 Å². The van der Waals surface area contributed by atoms with Crippen LogP contribution in [0.5, 0.6) is 0 Å². The number of nitrogens with zero attached hydrogens (tertiary/aromatic N) is 2. The lowest BCUT2D eigenvalue weighted by molar-refractivity contribution is -0.120. The van der Waals surface area contributed by atoms with Crippen molar-refractivity contribution in [2.24, 2.45) is 0 Å². The Morgan fingerprint density at radius 1 is 1.40 bits per heavy atom. The van der Waals surface area contributed by atoms with Crippen LogP contribution in [0.2, 0.25) is 0 Å². The first-order valence-corrected chi connectivity index (χ1v) is 11.9. The molecular formula is C16H19N3O3S3. The number of rotatable bonds is 4. The van der Waals surface area contributed by atoms with E-state index in [1.165, 1.54) is 28.6 Å². The van der Waals surface area contributed by atoms with E-state index in [2.05, 4.69) is 15.3 Å². The fourth-order valence-corrected chi connectivity index (χ4v) is 7.36. The third-order valence-electron chi connectivity index (χ3n) is 4.70. The molecule has 0 unspecified atom stereocenters. The smallest absolute Gasteiger partial charge is 0.233 e. The van der Waals surface area contributed by atoms with Crippen molar-refractivity contribution in [1.82, 2.24) is 15.3 Å². The standard InChI is InChI=1S/C16H19N3O3S3/c1-9(14(20)19-10-5-6-25(21,22)7-10)23-15-13-11-3-2-4-12(11)24-16(13)18-8-17-15/h8-10H,2-7H2,1H3,(H,19,20)/t9-,10+/m0/s1. The summed E-state index contributed by atoms with van der Waals surface area (Å²) in [6.07, 6.45) is 5.39. The number of hydrogen-bond donors (Lipinski definition) is 1. The van der Waals surface area contributed by atoms with Crippen LogP contribution in [-0.2, 0) is 27.5 Å². The highest BCUT2D eigenvalue weighted by molar-refractivity contribution is 8.00. The molecule has 1 aliphatic carbocycles. The second-order valence-corrected chi connectivity index (χ2v) is 11.2. The van der Waals surface area contributed by atoms with Crippen LogP contribution >= 0.6 is 23.1 Å². The molecule has 25 heavy (non-hydrogen) atoms. The molecule has 6 nitrogen and oxygen atoms in total. The number of carbonyl (C=O) groups is 1. The molecule has 2 aromatic rings. The van der Waals surface area contributed by atoms with Gasteiger partial charge < -0.3 is 5.32 Å². The molecule has 0 spiro atoms. The quantitative estimate of drug-likeness (QED) is 0.627. The van der Waals surface area contributed by atoms with Gasteiger partial charge in [-0.2, -0.15) is 0 Å². The molecule has 4 rings (SSSR count). The number of hydrogen-bond acceptors (Lipinski definition) is 7. The summed E-state index contributed by atoms with van der Waals surface area (Å²) in [6.45, 7) is 1.84. The zero-order chi connectivity index (χ0) is 17.6. The molecule has 2 aromatic heterocycles. The third-order valence-corrected chi connectivity index (χ3v) is 8.77. The molecular weight excluding hydrogens is 378 g/mol. The van der Waals surface area contributed by atoms with Crippen LogP contribution in [0.1, 0.15) is 30.2 Å². The Morgan fingerprint density at radius 3 is 3.00 bits per heavy atom. The fraction of sp³-hybridized carbons (Fsp3) is 0.562. The molecule has 9 heteroatoms. The SMILES string of the molecule is C[C@H](Sc1ncnc2sc3c(c12)CCC3)C(=O)N[C@@H]1CCS(=O)(=O)C1. The highest BCUT2D eigenvalue weighted by atomic mass is 32.2. The molecule has 0 aromatic carbocycles. The van der Waals surface area contributed by atoms with Crippen molar-refractivity contribution in [3.63, 3.8) is 0 Å². The largest absolute Gasteiger partial charge is 0.351 e. The number of thiophene rings is 1. The molecule has 1 amide bonds. The Bertz CT molecular complexity index is 939. The van der Waals surface area contributed by atoms with Gasteiger partial charge in [0.25, 0.3) is 0 Å². The molecule has 1 aliphatic heterocycles. The van der Waals surface area contributed by atoms with Gasteiger partial charge in [0, 0.05) is 16.3 Å². The minimum atomic E-state index is -2.99. The second kappa shape index (κ2) is 6.51. The van der Waals surface area contributed by atoms with E-state index in [4.69, 9.17) is 0 Å². The number of thioether (sulfide) groups is 1. The number of sulfone groups is 1. The van der Waals surface area contributed by atoms with E-state index in [0.717, 1.165) is 28.1 Å². The Morgan fingerprint density at radius 2 is 2.24 bits per heavy atom. The lowest BCUT2D eigenvalue weighted by Gasteiger charge is -2.15. The van der Waals surface area contributed by atoms with Crippen molar-refractivity contribution in [2.75, 3.05) is 11.5 Å². The summed E-state index contributed by atoms with van der Waals surface area (Å²) in [7, 11) is -2.99. The van der Waals surface area contributed by atoms with Crippen LogP contribution in [0, 0.1) is 0 Å². The van der Waals surface area contributed by atoms with Crippen LogP contribution in [-0.4, -0.2) is 47.1 Å².